The Kier molecular flexibility index (Phi) is 7.00. The molecule has 118 valence electrons. The predicted octanol–water partition coefficient (Wildman–Crippen LogP) is 4.04. The lowest BCUT2D eigenvalue weighted by molar-refractivity contribution is 0.285. The van der Waals surface area contributed by atoms with Crippen LogP contribution >= 0.6 is 23.2 Å². The van der Waals surface area contributed by atoms with Crippen molar-refractivity contribution in [2.24, 2.45) is 0 Å². The highest BCUT2D eigenvalue weighted by Gasteiger charge is 2.04. The number of aliphatic hydroxyl groups is 1. The van der Waals surface area contributed by atoms with Crippen molar-refractivity contribution in [3.8, 4) is 5.75 Å². The molecule has 0 heterocycles. The number of rotatable bonds is 8. The number of benzene rings is 2. The number of nitrogens with one attached hydrogen (secondary N) is 1. The van der Waals surface area contributed by atoms with E-state index < -0.39 is 0 Å². The number of hydrogen-bond donors (Lipinski definition) is 2. The fourth-order valence-corrected chi connectivity index (χ4v) is 2.33. The molecule has 0 aliphatic carbocycles. The van der Waals surface area contributed by atoms with Crippen LogP contribution < -0.4 is 10.1 Å². The summed E-state index contributed by atoms with van der Waals surface area (Å²) in [5.41, 5.74) is 2.05. The van der Waals surface area contributed by atoms with Crippen LogP contribution in [0.25, 0.3) is 0 Å². The van der Waals surface area contributed by atoms with Gasteiger partial charge in [-0.3, -0.25) is 0 Å². The first-order chi connectivity index (χ1) is 10.7. The normalized spacial score (nSPS) is 10.7. The molecule has 0 unspecified atom stereocenters. The molecule has 0 bridgehead atoms. The van der Waals surface area contributed by atoms with Crippen molar-refractivity contribution >= 4 is 23.2 Å². The van der Waals surface area contributed by atoms with Crippen LogP contribution in [0.4, 0.5) is 0 Å². The number of halogens is 2. The smallest absolute Gasteiger partial charge is 0.124 e. The molecular weight excluding hydrogens is 321 g/mol. The van der Waals surface area contributed by atoms with Crippen molar-refractivity contribution in [2.45, 2.75) is 19.6 Å². The summed E-state index contributed by atoms with van der Waals surface area (Å²) in [5.74, 6) is 0.838. The number of ether oxygens (including phenoxy) is 1. The molecule has 0 atom stereocenters. The SMILES string of the molecule is OCCCNCc1ccccc1OCc1ccc(Cl)c(Cl)c1. The second-order valence-corrected chi connectivity index (χ2v) is 5.71. The van der Waals surface area contributed by atoms with Crippen molar-refractivity contribution < 1.29 is 9.84 Å². The van der Waals surface area contributed by atoms with Gasteiger partial charge in [0, 0.05) is 18.7 Å². The fourth-order valence-electron chi connectivity index (χ4n) is 2.01. The lowest BCUT2D eigenvalue weighted by Crippen LogP contribution is -2.16. The number of hydrogen-bond acceptors (Lipinski definition) is 3. The van der Waals surface area contributed by atoms with Crippen molar-refractivity contribution in [3.63, 3.8) is 0 Å². The van der Waals surface area contributed by atoms with Gasteiger partial charge in [-0.15, -0.1) is 0 Å². The minimum atomic E-state index is 0.197. The maximum atomic E-state index is 8.79. The summed E-state index contributed by atoms with van der Waals surface area (Å²) >= 11 is 11.9. The highest BCUT2D eigenvalue weighted by atomic mass is 35.5. The van der Waals surface area contributed by atoms with Gasteiger partial charge in [-0.1, -0.05) is 47.5 Å². The van der Waals surface area contributed by atoms with E-state index in [4.69, 9.17) is 33.0 Å². The summed E-state index contributed by atoms with van der Waals surface area (Å²) in [6, 6.07) is 13.4. The molecule has 0 radical (unpaired) electrons. The summed E-state index contributed by atoms with van der Waals surface area (Å²) in [5, 5.41) is 13.1. The van der Waals surface area contributed by atoms with E-state index in [1.54, 1.807) is 6.07 Å². The molecule has 0 saturated heterocycles. The van der Waals surface area contributed by atoms with Crippen molar-refractivity contribution in [2.75, 3.05) is 13.2 Å². The van der Waals surface area contributed by atoms with E-state index in [2.05, 4.69) is 5.32 Å². The molecular formula is C17H19Cl2NO2. The third kappa shape index (κ3) is 5.18. The zero-order valence-corrected chi connectivity index (χ0v) is 13.7. The van der Waals surface area contributed by atoms with Gasteiger partial charge in [0.15, 0.2) is 0 Å². The van der Waals surface area contributed by atoms with Crippen LogP contribution in [-0.4, -0.2) is 18.3 Å². The van der Waals surface area contributed by atoms with Gasteiger partial charge in [0.25, 0.3) is 0 Å². The molecule has 0 spiro atoms. The Morgan fingerprint density at radius 3 is 2.64 bits per heavy atom. The van der Waals surface area contributed by atoms with Crippen LogP contribution in [0.1, 0.15) is 17.5 Å². The lowest BCUT2D eigenvalue weighted by atomic mass is 10.2. The molecule has 0 amide bonds. The standard InChI is InChI=1S/C17H19Cl2NO2/c18-15-7-6-13(10-16(15)19)12-22-17-5-2-1-4-14(17)11-20-8-3-9-21/h1-2,4-7,10,20-21H,3,8-9,11-12H2. The topological polar surface area (TPSA) is 41.5 Å². The van der Waals surface area contributed by atoms with Gasteiger partial charge in [-0.05, 0) is 36.7 Å². The summed E-state index contributed by atoms with van der Waals surface area (Å²) in [6.45, 7) is 2.11. The Morgan fingerprint density at radius 1 is 1.05 bits per heavy atom. The molecule has 2 aromatic rings. The minimum Gasteiger partial charge on any atom is -0.489 e. The second kappa shape index (κ2) is 9.01. The van der Waals surface area contributed by atoms with Gasteiger partial charge in [-0.25, -0.2) is 0 Å². The third-order valence-electron chi connectivity index (χ3n) is 3.18. The molecule has 2 aromatic carbocycles. The quantitative estimate of drug-likeness (QED) is 0.713. The Balaban J connectivity index is 1.95. The first-order valence-corrected chi connectivity index (χ1v) is 7.92. The van der Waals surface area contributed by atoms with E-state index in [-0.39, 0.29) is 6.61 Å². The van der Waals surface area contributed by atoms with Gasteiger partial charge in [0.2, 0.25) is 0 Å². The Hall–Kier alpha value is -1.26. The molecule has 0 fully saturated rings. The highest BCUT2D eigenvalue weighted by molar-refractivity contribution is 6.42. The van der Waals surface area contributed by atoms with Crippen molar-refractivity contribution in [1.82, 2.24) is 5.32 Å². The van der Waals surface area contributed by atoms with Crippen molar-refractivity contribution in [3.05, 3.63) is 63.6 Å². The zero-order chi connectivity index (χ0) is 15.8. The molecule has 5 heteroatoms. The lowest BCUT2D eigenvalue weighted by Gasteiger charge is -2.12. The Morgan fingerprint density at radius 2 is 1.86 bits per heavy atom. The van der Waals surface area contributed by atoms with Gasteiger partial charge in [-0.2, -0.15) is 0 Å². The van der Waals surface area contributed by atoms with Crippen LogP contribution in [0.3, 0.4) is 0 Å². The van der Waals surface area contributed by atoms with E-state index in [0.29, 0.717) is 23.2 Å². The summed E-state index contributed by atoms with van der Waals surface area (Å²) in [4.78, 5) is 0. The average molecular weight is 340 g/mol. The van der Waals surface area contributed by atoms with Crippen LogP contribution in [0.5, 0.6) is 5.75 Å². The first kappa shape index (κ1) is 17.1. The first-order valence-electron chi connectivity index (χ1n) is 7.17. The molecule has 2 N–H and O–H groups in total. The molecule has 0 saturated carbocycles. The molecule has 2 rings (SSSR count). The fraction of sp³-hybridized carbons (Fsp3) is 0.294. The largest absolute Gasteiger partial charge is 0.489 e. The van der Waals surface area contributed by atoms with Crippen molar-refractivity contribution in [1.29, 1.82) is 0 Å². The Labute approximate surface area is 140 Å². The van der Waals surface area contributed by atoms with Crippen LogP contribution in [0.2, 0.25) is 10.0 Å². The maximum absolute atomic E-state index is 8.79. The van der Waals surface area contributed by atoms with E-state index in [0.717, 1.165) is 29.8 Å². The molecule has 0 aliphatic rings. The maximum Gasteiger partial charge on any atom is 0.124 e. The number of aliphatic hydroxyl groups excluding tert-OH is 1. The average Bonchev–Trinajstić information content (AvgIpc) is 2.53. The van der Waals surface area contributed by atoms with Crippen LogP contribution in [0, 0.1) is 0 Å². The predicted molar refractivity (Wildman–Crippen MR) is 90.6 cm³/mol. The Bertz CT molecular complexity index is 605. The van der Waals surface area contributed by atoms with E-state index in [1.807, 2.05) is 36.4 Å². The minimum absolute atomic E-state index is 0.197. The van der Waals surface area contributed by atoms with Gasteiger partial charge >= 0.3 is 0 Å². The summed E-state index contributed by atoms with van der Waals surface area (Å²) in [6.07, 6.45) is 0.742. The van der Waals surface area contributed by atoms with Crippen LogP contribution in [-0.2, 0) is 13.2 Å². The molecule has 22 heavy (non-hydrogen) atoms. The third-order valence-corrected chi connectivity index (χ3v) is 3.92. The summed E-state index contributed by atoms with van der Waals surface area (Å²) in [7, 11) is 0. The molecule has 0 aliphatic heterocycles. The molecule has 0 aromatic heterocycles. The highest BCUT2D eigenvalue weighted by Crippen LogP contribution is 2.24. The van der Waals surface area contributed by atoms with Gasteiger partial charge < -0.3 is 15.2 Å². The zero-order valence-electron chi connectivity index (χ0n) is 12.2. The van der Waals surface area contributed by atoms with Crippen LogP contribution in [0.15, 0.2) is 42.5 Å². The monoisotopic (exact) mass is 339 g/mol. The number of para-hydroxylation sites is 1. The van der Waals surface area contributed by atoms with E-state index in [9.17, 15) is 0 Å². The van der Waals surface area contributed by atoms with E-state index >= 15 is 0 Å². The van der Waals surface area contributed by atoms with Gasteiger partial charge in [0.05, 0.1) is 10.0 Å². The molecule has 3 nitrogen and oxygen atoms in total. The summed E-state index contributed by atoms with van der Waals surface area (Å²) < 4.78 is 5.88. The second-order valence-electron chi connectivity index (χ2n) is 4.90. The van der Waals surface area contributed by atoms with E-state index in [1.165, 1.54) is 0 Å². The van der Waals surface area contributed by atoms with Gasteiger partial charge in [0.1, 0.15) is 12.4 Å².